The van der Waals surface area contributed by atoms with E-state index in [1.807, 2.05) is 30.3 Å². The third-order valence-electron chi connectivity index (χ3n) is 2.87. The Kier molecular flexibility index (Phi) is 4.68. The molecule has 0 fully saturated rings. The highest BCUT2D eigenvalue weighted by atomic mass is 16.5. The van der Waals surface area contributed by atoms with Gasteiger partial charge in [0, 0.05) is 23.9 Å². The van der Waals surface area contributed by atoms with Crippen LogP contribution in [0.25, 0.3) is 0 Å². The van der Waals surface area contributed by atoms with Gasteiger partial charge in [-0.1, -0.05) is 18.2 Å². The summed E-state index contributed by atoms with van der Waals surface area (Å²) in [7, 11) is 3.08. The van der Waals surface area contributed by atoms with E-state index in [4.69, 9.17) is 9.47 Å². The Bertz CT molecular complexity index is 559. The average Bonchev–Trinajstić information content (AvgIpc) is 2.50. The van der Waals surface area contributed by atoms with Crippen LogP contribution in [-0.4, -0.2) is 19.3 Å². The number of phenolic OH excluding ortho intramolecular Hbond substituents is 1. The van der Waals surface area contributed by atoms with E-state index in [9.17, 15) is 5.11 Å². The Labute approximate surface area is 118 Å². The maximum Gasteiger partial charge on any atom is 0.164 e. The maximum atomic E-state index is 10.1. The minimum Gasteiger partial charge on any atom is -0.504 e. The molecule has 5 nitrogen and oxygen atoms in total. The number of para-hydroxylation sites is 1. The van der Waals surface area contributed by atoms with Crippen molar-refractivity contribution in [2.24, 2.45) is 0 Å². The summed E-state index contributed by atoms with van der Waals surface area (Å²) in [5.41, 5.74) is 7.72. The van der Waals surface area contributed by atoms with Crippen LogP contribution < -0.4 is 20.3 Å². The first-order valence-electron chi connectivity index (χ1n) is 6.22. The number of phenols is 1. The first-order chi connectivity index (χ1) is 9.74. The van der Waals surface area contributed by atoms with Crippen LogP contribution in [0.15, 0.2) is 42.5 Å². The van der Waals surface area contributed by atoms with Gasteiger partial charge >= 0.3 is 0 Å². The third-order valence-corrected chi connectivity index (χ3v) is 2.87. The Morgan fingerprint density at radius 3 is 2.45 bits per heavy atom. The molecule has 3 N–H and O–H groups in total. The summed E-state index contributed by atoms with van der Waals surface area (Å²) in [6, 6.07) is 13.1. The summed E-state index contributed by atoms with van der Waals surface area (Å²) < 4.78 is 10.3. The summed E-state index contributed by atoms with van der Waals surface area (Å²) in [5.74, 6) is 1.13. The van der Waals surface area contributed by atoms with Gasteiger partial charge < -0.3 is 20.0 Å². The zero-order chi connectivity index (χ0) is 14.4. The number of hydrogen-bond acceptors (Lipinski definition) is 5. The van der Waals surface area contributed by atoms with Gasteiger partial charge in [-0.25, -0.2) is 5.43 Å². The molecular weight excluding hydrogens is 256 g/mol. The second-order valence-corrected chi connectivity index (χ2v) is 4.18. The second-order valence-electron chi connectivity index (χ2n) is 4.18. The van der Waals surface area contributed by atoms with Gasteiger partial charge in [-0.2, -0.15) is 0 Å². The molecule has 0 aromatic heterocycles. The SMILES string of the molecule is COc1cc(CNNc2ccccc2)c(O)c(OC)c1. The van der Waals surface area contributed by atoms with Crippen LogP contribution in [0, 0.1) is 0 Å². The van der Waals surface area contributed by atoms with Crippen molar-refractivity contribution in [3.63, 3.8) is 0 Å². The summed E-state index contributed by atoms with van der Waals surface area (Å²) in [5, 5.41) is 10.1. The molecule has 0 atom stereocenters. The Morgan fingerprint density at radius 2 is 1.80 bits per heavy atom. The lowest BCUT2D eigenvalue weighted by Gasteiger charge is -2.13. The lowest BCUT2D eigenvalue weighted by Crippen LogP contribution is -2.20. The molecule has 0 aliphatic carbocycles. The van der Waals surface area contributed by atoms with Crippen LogP contribution in [0.5, 0.6) is 17.2 Å². The molecular formula is C15H18N2O3. The summed E-state index contributed by atoms with van der Waals surface area (Å²) >= 11 is 0. The lowest BCUT2D eigenvalue weighted by molar-refractivity contribution is 0.360. The minimum atomic E-state index is 0.107. The van der Waals surface area contributed by atoms with E-state index in [0.29, 0.717) is 23.6 Å². The van der Waals surface area contributed by atoms with E-state index >= 15 is 0 Å². The molecule has 5 heteroatoms. The predicted molar refractivity (Wildman–Crippen MR) is 78.1 cm³/mol. The summed E-state index contributed by atoms with van der Waals surface area (Å²) in [4.78, 5) is 0. The van der Waals surface area contributed by atoms with Crippen molar-refractivity contribution in [1.82, 2.24) is 5.43 Å². The number of hydrogen-bond donors (Lipinski definition) is 3. The average molecular weight is 274 g/mol. The van der Waals surface area contributed by atoms with Gasteiger partial charge in [0.15, 0.2) is 11.5 Å². The van der Waals surface area contributed by atoms with E-state index in [-0.39, 0.29) is 5.75 Å². The van der Waals surface area contributed by atoms with Crippen molar-refractivity contribution in [3.8, 4) is 17.2 Å². The highest BCUT2D eigenvalue weighted by Gasteiger charge is 2.10. The second kappa shape index (κ2) is 6.68. The number of methoxy groups -OCH3 is 2. The van der Waals surface area contributed by atoms with Crippen molar-refractivity contribution < 1.29 is 14.6 Å². The topological polar surface area (TPSA) is 62.8 Å². The molecule has 0 unspecified atom stereocenters. The zero-order valence-corrected chi connectivity index (χ0v) is 11.5. The Morgan fingerprint density at radius 1 is 1.05 bits per heavy atom. The number of hydrazine groups is 1. The first-order valence-corrected chi connectivity index (χ1v) is 6.22. The van der Waals surface area contributed by atoms with Crippen LogP contribution >= 0.6 is 0 Å². The van der Waals surface area contributed by atoms with E-state index in [0.717, 1.165) is 5.69 Å². The van der Waals surface area contributed by atoms with Crippen molar-refractivity contribution in [2.45, 2.75) is 6.54 Å². The molecule has 0 aliphatic heterocycles. The standard InChI is InChI=1S/C15H18N2O3/c1-19-13-8-11(15(18)14(9-13)20-2)10-16-17-12-6-4-3-5-7-12/h3-9,16-18H,10H2,1-2H3. The van der Waals surface area contributed by atoms with Crippen LogP contribution in [-0.2, 0) is 6.54 Å². The van der Waals surface area contributed by atoms with E-state index in [1.165, 1.54) is 7.11 Å². The Balaban J connectivity index is 2.05. The number of rotatable bonds is 6. The largest absolute Gasteiger partial charge is 0.504 e. The zero-order valence-electron chi connectivity index (χ0n) is 11.5. The molecule has 20 heavy (non-hydrogen) atoms. The molecule has 2 aromatic carbocycles. The normalized spacial score (nSPS) is 10.1. The van der Waals surface area contributed by atoms with Gasteiger partial charge in [0.1, 0.15) is 5.75 Å². The van der Waals surface area contributed by atoms with Gasteiger partial charge in [0.25, 0.3) is 0 Å². The molecule has 2 rings (SSSR count). The van der Waals surface area contributed by atoms with Gasteiger partial charge in [-0.15, -0.1) is 0 Å². The molecule has 0 radical (unpaired) electrons. The van der Waals surface area contributed by atoms with Crippen LogP contribution in [0.2, 0.25) is 0 Å². The fraction of sp³-hybridized carbons (Fsp3) is 0.200. The number of aromatic hydroxyl groups is 1. The number of ether oxygens (including phenoxy) is 2. The smallest absolute Gasteiger partial charge is 0.164 e. The monoisotopic (exact) mass is 274 g/mol. The number of benzene rings is 2. The van der Waals surface area contributed by atoms with Crippen molar-refractivity contribution in [1.29, 1.82) is 0 Å². The van der Waals surface area contributed by atoms with Gasteiger partial charge in [0.2, 0.25) is 0 Å². The first kappa shape index (κ1) is 14.0. The predicted octanol–water partition coefficient (Wildman–Crippen LogP) is 2.53. The molecule has 0 aliphatic rings. The molecule has 0 amide bonds. The van der Waals surface area contributed by atoms with Crippen LogP contribution in [0.3, 0.4) is 0 Å². The highest BCUT2D eigenvalue weighted by molar-refractivity contribution is 5.51. The molecule has 2 aromatic rings. The molecule has 0 spiro atoms. The number of nitrogens with one attached hydrogen (secondary N) is 2. The lowest BCUT2D eigenvalue weighted by atomic mass is 10.1. The summed E-state index contributed by atoms with van der Waals surface area (Å²) in [6.07, 6.45) is 0. The summed E-state index contributed by atoms with van der Waals surface area (Å²) in [6.45, 7) is 0.425. The quantitative estimate of drug-likeness (QED) is 0.707. The minimum absolute atomic E-state index is 0.107. The van der Waals surface area contributed by atoms with E-state index < -0.39 is 0 Å². The van der Waals surface area contributed by atoms with Gasteiger partial charge in [-0.3, -0.25) is 0 Å². The Hall–Kier alpha value is -2.40. The van der Waals surface area contributed by atoms with Gasteiger partial charge in [-0.05, 0) is 18.2 Å². The highest BCUT2D eigenvalue weighted by Crippen LogP contribution is 2.34. The van der Waals surface area contributed by atoms with Crippen LogP contribution in [0.1, 0.15) is 5.56 Å². The van der Waals surface area contributed by atoms with E-state index in [1.54, 1.807) is 19.2 Å². The fourth-order valence-corrected chi connectivity index (χ4v) is 1.81. The maximum absolute atomic E-state index is 10.1. The molecule has 0 bridgehead atoms. The van der Waals surface area contributed by atoms with Crippen molar-refractivity contribution in [2.75, 3.05) is 19.6 Å². The van der Waals surface area contributed by atoms with Crippen molar-refractivity contribution >= 4 is 5.69 Å². The number of anilines is 1. The van der Waals surface area contributed by atoms with Gasteiger partial charge in [0.05, 0.1) is 14.2 Å². The van der Waals surface area contributed by atoms with E-state index in [2.05, 4.69) is 10.9 Å². The fourth-order valence-electron chi connectivity index (χ4n) is 1.81. The molecule has 0 saturated heterocycles. The van der Waals surface area contributed by atoms with Crippen LogP contribution in [0.4, 0.5) is 5.69 Å². The molecule has 0 heterocycles. The molecule has 0 saturated carbocycles. The molecule has 106 valence electrons. The van der Waals surface area contributed by atoms with Crippen molar-refractivity contribution in [3.05, 3.63) is 48.0 Å². The third kappa shape index (κ3) is 3.33.